The number of hydrogen-bond donors (Lipinski definition) is 1. The number of nitrogens with zero attached hydrogens (tertiary/aromatic N) is 1. The molecule has 0 aromatic heterocycles. The van der Waals surface area contributed by atoms with E-state index in [0.717, 1.165) is 28.2 Å². The zero-order chi connectivity index (χ0) is 26.0. The number of rotatable bonds is 9. The molecular formula is C31H34N2O4. The minimum Gasteiger partial charge on any atom is -0.497 e. The van der Waals surface area contributed by atoms with E-state index in [-0.39, 0.29) is 23.8 Å². The van der Waals surface area contributed by atoms with E-state index >= 15 is 0 Å². The summed E-state index contributed by atoms with van der Waals surface area (Å²) >= 11 is 0. The molecule has 3 aromatic carbocycles. The number of likely N-dealkylation sites (tertiary alicyclic amines) is 1. The van der Waals surface area contributed by atoms with Gasteiger partial charge in [0.25, 0.3) is 0 Å². The number of piperidine rings is 1. The molecule has 1 heterocycles. The standard InChI is InChI=1S/C31H34N2O4/c1-36-27-13-8-24(9-14-27)22-29(25-11-15-28(37-2)16-12-25)32-31(35)26-18-20-33(21-19-26)30(34)17-10-23-6-4-3-5-7-23/h3-17,26,29H,18-22H2,1-2H3,(H,32,35)/b17-10+/t29-/m0/s1. The largest absolute Gasteiger partial charge is 0.497 e. The Morgan fingerprint density at radius 1 is 0.892 bits per heavy atom. The Morgan fingerprint density at radius 2 is 1.49 bits per heavy atom. The highest BCUT2D eigenvalue weighted by atomic mass is 16.5. The van der Waals surface area contributed by atoms with Gasteiger partial charge in [-0.25, -0.2) is 0 Å². The molecule has 0 radical (unpaired) electrons. The monoisotopic (exact) mass is 498 g/mol. The number of carbonyl (C=O) groups is 2. The van der Waals surface area contributed by atoms with Crippen LogP contribution in [0.5, 0.6) is 11.5 Å². The van der Waals surface area contributed by atoms with Crippen molar-refractivity contribution in [3.05, 3.63) is 102 Å². The molecule has 6 nitrogen and oxygen atoms in total. The summed E-state index contributed by atoms with van der Waals surface area (Å²) in [5.41, 5.74) is 3.11. The van der Waals surface area contributed by atoms with Crippen molar-refractivity contribution in [1.29, 1.82) is 0 Å². The number of benzene rings is 3. The van der Waals surface area contributed by atoms with Gasteiger partial charge in [-0.3, -0.25) is 9.59 Å². The van der Waals surface area contributed by atoms with Gasteiger partial charge in [-0.15, -0.1) is 0 Å². The number of ether oxygens (including phenoxy) is 2. The molecule has 1 aliphatic rings. The number of amides is 2. The maximum Gasteiger partial charge on any atom is 0.246 e. The first-order valence-electron chi connectivity index (χ1n) is 12.6. The first-order valence-corrected chi connectivity index (χ1v) is 12.6. The quantitative estimate of drug-likeness (QED) is 0.419. The molecule has 4 rings (SSSR count). The Kier molecular flexibility index (Phi) is 8.98. The zero-order valence-corrected chi connectivity index (χ0v) is 21.4. The molecule has 192 valence electrons. The summed E-state index contributed by atoms with van der Waals surface area (Å²) in [5, 5.41) is 3.28. The van der Waals surface area contributed by atoms with Crippen molar-refractivity contribution in [2.24, 2.45) is 5.92 Å². The molecule has 0 saturated carbocycles. The Labute approximate surface area is 218 Å². The van der Waals surface area contributed by atoms with E-state index in [1.807, 2.05) is 89.8 Å². The Hall–Kier alpha value is -4.06. The van der Waals surface area contributed by atoms with Crippen molar-refractivity contribution in [2.45, 2.75) is 25.3 Å². The molecule has 0 aliphatic carbocycles. The first kappa shape index (κ1) is 26.0. The fourth-order valence-corrected chi connectivity index (χ4v) is 4.57. The van der Waals surface area contributed by atoms with Crippen molar-refractivity contribution in [3.63, 3.8) is 0 Å². The van der Waals surface area contributed by atoms with Crippen LogP contribution in [-0.2, 0) is 16.0 Å². The Morgan fingerprint density at radius 3 is 2.08 bits per heavy atom. The van der Waals surface area contributed by atoms with Gasteiger partial charge in [0.15, 0.2) is 0 Å². The van der Waals surface area contributed by atoms with Gasteiger partial charge >= 0.3 is 0 Å². The number of methoxy groups -OCH3 is 2. The third kappa shape index (κ3) is 7.23. The molecule has 1 saturated heterocycles. The molecule has 1 fully saturated rings. The van der Waals surface area contributed by atoms with Crippen molar-refractivity contribution >= 4 is 17.9 Å². The van der Waals surface area contributed by atoms with E-state index in [1.165, 1.54) is 0 Å². The van der Waals surface area contributed by atoms with Crippen LogP contribution in [0.4, 0.5) is 0 Å². The maximum atomic E-state index is 13.3. The second-order valence-electron chi connectivity index (χ2n) is 9.23. The maximum absolute atomic E-state index is 13.3. The average molecular weight is 499 g/mol. The summed E-state index contributed by atoms with van der Waals surface area (Å²) in [7, 11) is 3.29. The molecule has 37 heavy (non-hydrogen) atoms. The van der Waals surface area contributed by atoms with Gasteiger partial charge in [-0.2, -0.15) is 0 Å². The summed E-state index contributed by atoms with van der Waals surface area (Å²) < 4.78 is 10.6. The van der Waals surface area contributed by atoms with E-state index in [0.29, 0.717) is 32.4 Å². The van der Waals surface area contributed by atoms with E-state index in [9.17, 15) is 9.59 Å². The molecule has 6 heteroatoms. The van der Waals surface area contributed by atoms with Crippen LogP contribution in [-0.4, -0.2) is 44.0 Å². The van der Waals surface area contributed by atoms with Crippen LogP contribution in [0.25, 0.3) is 6.08 Å². The molecule has 2 amide bonds. The van der Waals surface area contributed by atoms with Crippen molar-refractivity contribution in [2.75, 3.05) is 27.3 Å². The minimum atomic E-state index is -0.180. The molecule has 0 bridgehead atoms. The Balaban J connectivity index is 1.38. The number of hydrogen-bond acceptors (Lipinski definition) is 4. The van der Waals surface area contributed by atoms with Crippen LogP contribution in [0, 0.1) is 5.92 Å². The lowest BCUT2D eigenvalue weighted by molar-refractivity contribution is -0.132. The fourth-order valence-electron chi connectivity index (χ4n) is 4.57. The van der Waals surface area contributed by atoms with Gasteiger partial charge in [0.05, 0.1) is 20.3 Å². The molecule has 0 unspecified atom stereocenters. The minimum absolute atomic E-state index is 0.0154. The van der Waals surface area contributed by atoms with Crippen LogP contribution >= 0.6 is 0 Å². The van der Waals surface area contributed by atoms with Gasteiger partial charge in [-0.1, -0.05) is 54.6 Å². The highest BCUT2D eigenvalue weighted by Crippen LogP contribution is 2.25. The van der Waals surface area contributed by atoms with E-state index in [4.69, 9.17) is 9.47 Å². The lowest BCUT2D eigenvalue weighted by Gasteiger charge is -2.32. The summed E-state index contributed by atoms with van der Waals surface area (Å²) in [6, 6.07) is 25.3. The van der Waals surface area contributed by atoms with Gasteiger partial charge in [0, 0.05) is 25.1 Å². The van der Waals surface area contributed by atoms with Gasteiger partial charge < -0.3 is 19.7 Å². The van der Waals surface area contributed by atoms with Crippen LogP contribution in [0.3, 0.4) is 0 Å². The second kappa shape index (κ2) is 12.8. The van der Waals surface area contributed by atoms with Crippen molar-refractivity contribution < 1.29 is 19.1 Å². The lowest BCUT2D eigenvalue weighted by atomic mass is 9.93. The van der Waals surface area contributed by atoms with Crippen LogP contribution < -0.4 is 14.8 Å². The molecule has 0 spiro atoms. The SMILES string of the molecule is COc1ccc(C[C@H](NC(=O)C2CCN(C(=O)/C=C/c3ccccc3)CC2)c2ccc(OC)cc2)cc1. The molecule has 1 N–H and O–H groups in total. The average Bonchev–Trinajstić information content (AvgIpc) is 2.96. The topological polar surface area (TPSA) is 67.9 Å². The van der Waals surface area contributed by atoms with Crippen LogP contribution in [0.15, 0.2) is 84.9 Å². The lowest BCUT2D eigenvalue weighted by Crippen LogP contribution is -2.43. The highest BCUT2D eigenvalue weighted by molar-refractivity contribution is 5.92. The first-order chi connectivity index (χ1) is 18.1. The number of nitrogens with one attached hydrogen (secondary N) is 1. The highest BCUT2D eigenvalue weighted by Gasteiger charge is 2.28. The molecule has 1 atom stereocenters. The molecule has 3 aromatic rings. The van der Waals surface area contributed by atoms with Gasteiger partial charge in [-0.05, 0) is 66.3 Å². The predicted molar refractivity (Wildman–Crippen MR) is 145 cm³/mol. The summed E-state index contributed by atoms with van der Waals surface area (Å²) in [5.74, 6) is 1.46. The smallest absolute Gasteiger partial charge is 0.246 e. The summed E-state index contributed by atoms with van der Waals surface area (Å²) in [6.07, 6.45) is 5.40. The number of carbonyl (C=O) groups excluding carboxylic acids is 2. The van der Waals surface area contributed by atoms with Crippen LogP contribution in [0.1, 0.15) is 35.6 Å². The van der Waals surface area contributed by atoms with E-state index in [1.54, 1.807) is 20.3 Å². The molecular weight excluding hydrogens is 464 g/mol. The third-order valence-electron chi connectivity index (χ3n) is 6.83. The van der Waals surface area contributed by atoms with Gasteiger partial charge in [0.1, 0.15) is 11.5 Å². The van der Waals surface area contributed by atoms with E-state index < -0.39 is 0 Å². The van der Waals surface area contributed by atoms with Crippen molar-refractivity contribution in [1.82, 2.24) is 10.2 Å². The zero-order valence-electron chi connectivity index (χ0n) is 21.4. The van der Waals surface area contributed by atoms with Crippen LogP contribution in [0.2, 0.25) is 0 Å². The van der Waals surface area contributed by atoms with Gasteiger partial charge in [0.2, 0.25) is 11.8 Å². The molecule has 1 aliphatic heterocycles. The Bertz CT molecular complexity index is 1180. The predicted octanol–water partition coefficient (Wildman–Crippen LogP) is 5.06. The van der Waals surface area contributed by atoms with Crippen molar-refractivity contribution in [3.8, 4) is 11.5 Å². The fraction of sp³-hybridized carbons (Fsp3) is 0.290. The third-order valence-corrected chi connectivity index (χ3v) is 6.83. The summed E-state index contributed by atoms with van der Waals surface area (Å²) in [6.45, 7) is 1.14. The normalized spacial score (nSPS) is 14.8. The van der Waals surface area contributed by atoms with E-state index in [2.05, 4.69) is 5.32 Å². The summed E-state index contributed by atoms with van der Waals surface area (Å²) in [4.78, 5) is 27.8. The second-order valence-corrected chi connectivity index (χ2v) is 9.23.